The molecule has 5 heteroatoms. The molecule has 1 aliphatic heterocycles. The lowest BCUT2D eigenvalue weighted by Gasteiger charge is -1.94. The summed E-state index contributed by atoms with van der Waals surface area (Å²) >= 11 is 0. The minimum atomic E-state index is -0.503. The van der Waals surface area contributed by atoms with Crippen LogP contribution in [0.1, 0.15) is 15.9 Å². The van der Waals surface area contributed by atoms with E-state index in [0.29, 0.717) is 11.1 Å². The summed E-state index contributed by atoms with van der Waals surface area (Å²) in [6, 6.07) is 4.05. The number of hydrogen-bond donors (Lipinski definition) is 0. The van der Waals surface area contributed by atoms with Crippen molar-refractivity contribution in [2.24, 2.45) is 4.99 Å². The van der Waals surface area contributed by atoms with Crippen molar-refractivity contribution in [2.75, 3.05) is 0 Å². The molecular formula is C8H4N2O3. The van der Waals surface area contributed by atoms with Gasteiger partial charge in [-0.25, -0.2) is 4.99 Å². The maximum absolute atomic E-state index is 11.0. The van der Waals surface area contributed by atoms with Crippen LogP contribution in [-0.4, -0.2) is 17.0 Å². The summed E-state index contributed by atoms with van der Waals surface area (Å²) in [5, 5.41) is 10.4. The Morgan fingerprint density at radius 1 is 1.38 bits per heavy atom. The van der Waals surface area contributed by atoms with Crippen molar-refractivity contribution < 1.29 is 9.72 Å². The number of hydrogen-bond acceptors (Lipinski definition) is 3. The summed E-state index contributed by atoms with van der Waals surface area (Å²) in [5.74, 6) is -0.343. The zero-order chi connectivity index (χ0) is 9.42. The number of carbonyl (C=O) groups excluding carboxylic acids is 1. The standard InChI is InChI=1S/C8H4N2O3/c11-8-7-2-1-6(10(12)13)3-5(7)4-9-8/h1-4H. The second kappa shape index (κ2) is 2.48. The second-order valence-electron chi connectivity index (χ2n) is 2.59. The van der Waals surface area contributed by atoms with E-state index in [4.69, 9.17) is 0 Å². The van der Waals surface area contributed by atoms with Crippen LogP contribution in [0.5, 0.6) is 0 Å². The molecule has 1 amide bonds. The molecule has 0 atom stereocenters. The highest BCUT2D eigenvalue weighted by atomic mass is 16.6. The van der Waals surface area contributed by atoms with Crippen LogP contribution in [-0.2, 0) is 0 Å². The molecule has 0 radical (unpaired) electrons. The van der Waals surface area contributed by atoms with Gasteiger partial charge in [-0.1, -0.05) is 0 Å². The molecule has 0 bridgehead atoms. The van der Waals surface area contributed by atoms with Gasteiger partial charge in [0.1, 0.15) is 0 Å². The van der Waals surface area contributed by atoms with E-state index < -0.39 is 4.92 Å². The molecule has 13 heavy (non-hydrogen) atoms. The fraction of sp³-hybridized carbons (Fsp3) is 0. The number of aliphatic imine (C=N–C) groups is 1. The minimum absolute atomic E-state index is 0.0279. The number of fused-ring (bicyclic) bond motifs is 1. The molecule has 5 nitrogen and oxygen atoms in total. The molecule has 0 saturated carbocycles. The molecule has 1 aliphatic rings. The number of nitro benzene ring substituents is 1. The van der Waals surface area contributed by atoms with Gasteiger partial charge in [0.15, 0.2) is 0 Å². The molecule has 2 rings (SSSR count). The Labute approximate surface area is 72.9 Å². The second-order valence-corrected chi connectivity index (χ2v) is 2.59. The highest BCUT2D eigenvalue weighted by molar-refractivity contribution is 6.13. The normalized spacial score (nSPS) is 13.1. The SMILES string of the molecule is O=C1N=Cc2cc([N+](=O)[O-])ccc21. The zero-order valence-corrected chi connectivity index (χ0v) is 6.43. The van der Waals surface area contributed by atoms with Gasteiger partial charge < -0.3 is 0 Å². The molecule has 1 aromatic rings. The zero-order valence-electron chi connectivity index (χ0n) is 6.43. The Morgan fingerprint density at radius 3 is 2.85 bits per heavy atom. The number of rotatable bonds is 1. The van der Waals surface area contributed by atoms with Crippen molar-refractivity contribution in [1.29, 1.82) is 0 Å². The molecule has 0 fully saturated rings. The van der Waals surface area contributed by atoms with Gasteiger partial charge >= 0.3 is 0 Å². The van der Waals surface area contributed by atoms with E-state index in [9.17, 15) is 14.9 Å². The van der Waals surface area contributed by atoms with E-state index in [1.807, 2.05) is 0 Å². The van der Waals surface area contributed by atoms with Crippen LogP contribution in [0.4, 0.5) is 5.69 Å². The van der Waals surface area contributed by atoms with Crippen molar-refractivity contribution in [1.82, 2.24) is 0 Å². The number of nitro groups is 1. The van der Waals surface area contributed by atoms with E-state index in [1.165, 1.54) is 24.4 Å². The molecular weight excluding hydrogens is 172 g/mol. The highest BCUT2D eigenvalue weighted by Gasteiger charge is 2.18. The first-order valence-corrected chi connectivity index (χ1v) is 3.55. The van der Waals surface area contributed by atoms with Crippen molar-refractivity contribution >= 4 is 17.8 Å². The largest absolute Gasteiger partial charge is 0.277 e. The predicted molar refractivity (Wildman–Crippen MR) is 45.0 cm³/mol. The Hall–Kier alpha value is -2.04. The first-order valence-electron chi connectivity index (χ1n) is 3.55. The van der Waals surface area contributed by atoms with Gasteiger partial charge in [-0.3, -0.25) is 14.9 Å². The number of amides is 1. The smallest absolute Gasteiger partial charge is 0.267 e. The third-order valence-electron chi connectivity index (χ3n) is 1.80. The summed E-state index contributed by atoms with van der Waals surface area (Å²) in [5.41, 5.74) is 0.907. The van der Waals surface area contributed by atoms with E-state index >= 15 is 0 Å². The van der Waals surface area contributed by atoms with Gasteiger partial charge in [0.05, 0.1) is 10.5 Å². The van der Waals surface area contributed by atoms with Gasteiger partial charge in [-0.05, 0) is 6.07 Å². The Morgan fingerprint density at radius 2 is 2.15 bits per heavy atom. The van der Waals surface area contributed by atoms with Crippen LogP contribution in [0.25, 0.3) is 0 Å². The molecule has 0 spiro atoms. The van der Waals surface area contributed by atoms with Crippen LogP contribution in [0.3, 0.4) is 0 Å². The molecule has 1 aromatic carbocycles. The molecule has 64 valence electrons. The Kier molecular flexibility index (Phi) is 1.45. The first kappa shape index (κ1) is 7.60. The third-order valence-corrected chi connectivity index (χ3v) is 1.80. The third kappa shape index (κ3) is 1.10. The van der Waals surface area contributed by atoms with Gasteiger partial charge in [0.25, 0.3) is 11.6 Å². The molecule has 0 aliphatic carbocycles. The van der Waals surface area contributed by atoms with Crippen LogP contribution < -0.4 is 0 Å². The van der Waals surface area contributed by atoms with Crippen molar-refractivity contribution in [3.8, 4) is 0 Å². The topological polar surface area (TPSA) is 72.6 Å². The van der Waals surface area contributed by atoms with Crippen LogP contribution >= 0.6 is 0 Å². The highest BCUT2D eigenvalue weighted by Crippen LogP contribution is 2.20. The van der Waals surface area contributed by atoms with E-state index in [1.54, 1.807) is 0 Å². The lowest BCUT2D eigenvalue weighted by Crippen LogP contribution is -1.94. The van der Waals surface area contributed by atoms with Gasteiger partial charge in [0.2, 0.25) is 0 Å². The van der Waals surface area contributed by atoms with Gasteiger partial charge in [-0.15, -0.1) is 0 Å². The van der Waals surface area contributed by atoms with Crippen LogP contribution in [0, 0.1) is 10.1 Å². The Balaban J connectivity index is 2.57. The first-order chi connectivity index (χ1) is 6.18. The summed E-state index contributed by atoms with van der Waals surface area (Å²) in [7, 11) is 0. The molecule has 0 aromatic heterocycles. The number of carbonyl (C=O) groups is 1. The summed E-state index contributed by atoms with van der Waals surface area (Å²) in [6.45, 7) is 0. The summed E-state index contributed by atoms with van der Waals surface area (Å²) in [4.78, 5) is 24.4. The Bertz CT molecular complexity index is 437. The number of benzene rings is 1. The molecule has 1 heterocycles. The van der Waals surface area contributed by atoms with E-state index in [0.717, 1.165) is 0 Å². The fourth-order valence-corrected chi connectivity index (χ4v) is 1.16. The fourth-order valence-electron chi connectivity index (χ4n) is 1.16. The lowest BCUT2D eigenvalue weighted by atomic mass is 10.1. The minimum Gasteiger partial charge on any atom is -0.267 e. The molecule has 0 N–H and O–H groups in total. The maximum atomic E-state index is 11.0. The lowest BCUT2D eigenvalue weighted by molar-refractivity contribution is -0.384. The summed E-state index contributed by atoms with van der Waals surface area (Å²) in [6.07, 6.45) is 1.34. The van der Waals surface area contributed by atoms with Gasteiger partial charge in [-0.2, -0.15) is 0 Å². The van der Waals surface area contributed by atoms with Crippen LogP contribution in [0.15, 0.2) is 23.2 Å². The van der Waals surface area contributed by atoms with Crippen molar-refractivity contribution in [3.05, 3.63) is 39.4 Å². The van der Waals surface area contributed by atoms with E-state index in [-0.39, 0.29) is 11.6 Å². The molecule has 0 saturated heterocycles. The predicted octanol–water partition coefficient (Wildman–Crippen LogP) is 1.17. The van der Waals surface area contributed by atoms with Crippen LogP contribution in [0.2, 0.25) is 0 Å². The maximum Gasteiger partial charge on any atom is 0.277 e. The van der Waals surface area contributed by atoms with E-state index in [2.05, 4.69) is 4.99 Å². The van der Waals surface area contributed by atoms with Gasteiger partial charge in [0, 0.05) is 23.9 Å². The number of non-ortho nitro benzene ring substituents is 1. The average molecular weight is 176 g/mol. The summed E-state index contributed by atoms with van der Waals surface area (Å²) < 4.78 is 0. The molecule has 0 unspecified atom stereocenters. The van der Waals surface area contributed by atoms with Crippen molar-refractivity contribution in [3.63, 3.8) is 0 Å². The quantitative estimate of drug-likeness (QED) is 0.476. The average Bonchev–Trinajstić information content (AvgIpc) is 2.47. The van der Waals surface area contributed by atoms with Crippen molar-refractivity contribution in [2.45, 2.75) is 0 Å². The number of nitrogens with zero attached hydrogens (tertiary/aromatic N) is 2. The monoisotopic (exact) mass is 176 g/mol.